The highest BCUT2D eigenvalue weighted by molar-refractivity contribution is 6.08. The topological polar surface area (TPSA) is 47.0 Å². The Hall–Kier alpha value is -2.03. The lowest BCUT2D eigenvalue weighted by atomic mass is 10.0. The fourth-order valence-corrected chi connectivity index (χ4v) is 1.58. The van der Waals surface area contributed by atoms with E-state index in [0.29, 0.717) is 5.56 Å². The van der Waals surface area contributed by atoms with E-state index in [1.165, 1.54) is 6.92 Å². The zero-order valence-electron chi connectivity index (χ0n) is 8.93. The minimum absolute atomic E-state index is 0.0312. The summed E-state index contributed by atoms with van der Waals surface area (Å²) in [7, 11) is 0. The molecule has 0 spiro atoms. The molecule has 0 N–H and O–H groups in total. The lowest BCUT2D eigenvalue weighted by molar-refractivity contribution is -0.116. The van der Waals surface area contributed by atoms with Gasteiger partial charge in [-0.25, -0.2) is 0 Å². The van der Waals surface area contributed by atoms with Crippen LogP contribution in [-0.4, -0.2) is 16.6 Å². The second kappa shape index (κ2) is 4.23. The van der Waals surface area contributed by atoms with Gasteiger partial charge in [-0.05, 0) is 24.4 Å². The zero-order chi connectivity index (χ0) is 11.5. The maximum Gasteiger partial charge on any atom is 0.170 e. The summed E-state index contributed by atoms with van der Waals surface area (Å²) in [5.41, 5.74) is 0.578. The van der Waals surface area contributed by atoms with E-state index < -0.39 is 0 Å². The number of rotatable bonds is 3. The Morgan fingerprint density at radius 3 is 2.75 bits per heavy atom. The fraction of sp³-hybridized carbons (Fsp3) is 0.154. The number of hydrogen-bond acceptors (Lipinski definition) is 3. The molecule has 1 aromatic heterocycles. The molecule has 0 saturated carbocycles. The van der Waals surface area contributed by atoms with Crippen LogP contribution in [0.4, 0.5) is 0 Å². The van der Waals surface area contributed by atoms with Crippen molar-refractivity contribution in [3.05, 3.63) is 42.2 Å². The molecule has 0 fully saturated rings. The van der Waals surface area contributed by atoms with Gasteiger partial charge in [-0.15, -0.1) is 0 Å². The Bertz CT molecular complexity index is 561. The maximum absolute atomic E-state index is 11.7. The Morgan fingerprint density at radius 1 is 1.19 bits per heavy atom. The van der Waals surface area contributed by atoms with Crippen molar-refractivity contribution in [2.75, 3.05) is 0 Å². The average Bonchev–Trinajstić information content (AvgIpc) is 2.27. The summed E-state index contributed by atoms with van der Waals surface area (Å²) >= 11 is 0. The van der Waals surface area contributed by atoms with Crippen LogP contribution in [0, 0.1) is 0 Å². The first-order valence-corrected chi connectivity index (χ1v) is 5.03. The third kappa shape index (κ3) is 2.14. The zero-order valence-corrected chi connectivity index (χ0v) is 8.93. The van der Waals surface area contributed by atoms with Crippen molar-refractivity contribution >= 4 is 22.3 Å². The van der Waals surface area contributed by atoms with Crippen molar-refractivity contribution in [3.63, 3.8) is 0 Å². The normalized spacial score (nSPS) is 10.3. The van der Waals surface area contributed by atoms with E-state index in [1.54, 1.807) is 24.5 Å². The number of ketones is 2. The Morgan fingerprint density at radius 2 is 2.00 bits per heavy atom. The molecule has 1 aromatic carbocycles. The summed E-state index contributed by atoms with van der Waals surface area (Å²) in [5.74, 6) is -0.244. The van der Waals surface area contributed by atoms with Gasteiger partial charge < -0.3 is 0 Å². The van der Waals surface area contributed by atoms with Crippen LogP contribution in [0.3, 0.4) is 0 Å². The maximum atomic E-state index is 11.7. The van der Waals surface area contributed by atoms with Crippen molar-refractivity contribution in [3.8, 4) is 0 Å². The summed E-state index contributed by atoms with van der Waals surface area (Å²) in [6, 6.07) is 7.22. The minimum Gasteiger partial charge on any atom is -0.300 e. The predicted octanol–water partition coefficient (Wildman–Crippen LogP) is 2.40. The standard InChI is InChI=1S/C13H11NO2/c1-9(15)6-13(16)11-2-3-12-8-14-5-4-10(12)7-11/h2-5,7-8H,6H2,1H3. The number of Topliss-reactive ketones (excluding diaryl/α,β-unsaturated/α-hetero) is 2. The largest absolute Gasteiger partial charge is 0.300 e. The molecule has 0 bridgehead atoms. The quantitative estimate of drug-likeness (QED) is 0.581. The molecule has 3 nitrogen and oxygen atoms in total. The molecule has 2 aromatic rings. The first-order chi connectivity index (χ1) is 7.66. The molecule has 2 rings (SSSR count). The van der Waals surface area contributed by atoms with Crippen molar-refractivity contribution in [2.24, 2.45) is 0 Å². The average molecular weight is 213 g/mol. The number of carbonyl (C=O) groups excluding carboxylic acids is 2. The third-order valence-electron chi connectivity index (χ3n) is 2.37. The summed E-state index contributed by atoms with van der Waals surface area (Å²) in [5, 5.41) is 1.95. The smallest absolute Gasteiger partial charge is 0.170 e. The van der Waals surface area contributed by atoms with Gasteiger partial charge in [0.1, 0.15) is 5.78 Å². The van der Waals surface area contributed by atoms with E-state index in [9.17, 15) is 9.59 Å². The van der Waals surface area contributed by atoms with Crippen molar-refractivity contribution < 1.29 is 9.59 Å². The van der Waals surface area contributed by atoms with Crippen molar-refractivity contribution in [1.29, 1.82) is 0 Å². The molecule has 0 amide bonds. The van der Waals surface area contributed by atoms with E-state index in [0.717, 1.165) is 10.8 Å². The van der Waals surface area contributed by atoms with E-state index in [4.69, 9.17) is 0 Å². The van der Waals surface area contributed by atoms with Crippen LogP contribution in [0.25, 0.3) is 10.8 Å². The molecule has 0 aliphatic heterocycles. The molecular weight excluding hydrogens is 202 g/mol. The fourth-order valence-electron chi connectivity index (χ4n) is 1.58. The van der Waals surface area contributed by atoms with Gasteiger partial charge in [-0.3, -0.25) is 14.6 Å². The van der Waals surface area contributed by atoms with Gasteiger partial charge in [0.05, 0.1) is 6.42 Å². The van der Waals surface area contributed by atoms with Crippen LogP contribution in [-0.2, 0) is 4.79 Å². The number of nitrogens with zero attached hydrogens (tertiary/aromatic N) is 1. The lowest BCUT2D eigenvalue weighted by Gasteiger charge is -2.01. The summed E-state index contributed by atoms with van der Waals surface area (Å²) in [6.45, 7) is 1.42. The number of benzene rings is 1. The van der Waals surface area contributed by atoms with E-state index >= 15 is 0 Å². The van der Waals surface area contributed by atoms with Crippen molar-refractivity contribution in [2.45, 2.75) is 13.3 Å². The summed E-state index contributed by atoms with van der Waals surface area (Å²) in [6.07, 6.45) is 3.40. The van der Waals surface area contributed by atoms with Crippen LogP contribution >= 0.6 is 0 Å². The predicted molar refractivity (Wildman–Crippen MR) is 61.4 cm³/mol. The number of fused-ring (bicyclic) bond motifs is 1. The minimum atomic E-state index is -0.133. The molecule has 1 heterocycles. The molecular formula is C13H11NO2. The molecule has 16 heavy (non-hydrogen) atoms. The second-order valence-corrected chi connectivity index (χ2v) is 3.74. The van der Waals surface area contributed by atoms with Gasteiger partial charge in [-0.2, -0.15) is 0 Å². The molecule has 3 heteroatoms. The molecule has 0 radical (unpaired) electrons. The summed E-state index contributed by atoms with van der Waals surface area (Å²) < 4.78 is 0. The highest BCUT2D eigenvalue weighted by Gasteiger charge is 2.08. The van der Waals surface area contributed by atoms with Crippen LogP contribution in [0.15, 0.2) is 36.7 Å². The SMILES string of the molecule is CC(=O)CC(=O)c1ccc2cnccc2c1. The Labute approximate surface area is 93.1 Å². The van der Waals surface area contributed by atoms with Gasteiger partial charge in [0.2, 0.25) is 0 Å². The Kier molecular flexibility index (Phi) is 2.77. The highest BCUT2D eigenvalue weighted by Crippen LogP contribution is 2.15. The van der Waals surface area contributed by atoms with Crippen LogP contribution in [0.5, 0.6) is 0 Å². The number of hydrogen-bond donors (Lipinski definition) is 0. The number of aromatic nitrogens is 1. The first kappa shape index (κ1) is 10.5. The van der Waals surface area contributed by atoms with Crippen molar-refractivity contribution in [1.82, 2.24) is 4.98 Å². The van der Waals surface area contributed by atoms with Crippen LogP contribution < -0.4 is 0 Å². The Balaban J connectivity index is 2.39. The molecule has 0 saturated heterocycles. The highest BCUT2D eigenvalue weighted by atomic mass is 16.1. The summed E-state index contributed by atoms with van der Waals surface area (Å²) in [4.78, 5) is 26.5. The van der Waals surface area contributed by atoms with E-state index in [2.05, 4.69) is 4.98 Å². The van der Waals surface area contributed by atoms with E-state index in [1.807, 2.05) is 12.1 Å². The first-order valence-electron chi connectivity index (χ1n) is 5.03. The number of carbonyl (C=O) groups is 2. The van der Waals surface area contributed by atoms with Crippen LogP contribution in [0.2, 0.25) is 0 Å². The van der Waals surface area contributed by atoms with Gasteiger partial charge in [0, 0.05) is 23.3 Å². The van der Waals surface area contributed by atoms with Gasteiger partial charge in [0.15, 0.2) is 5.78 Å². The number of pyridine rings is 1. The molecule has 0 aliphatic carbocycles. The van der Waals surface area contributed by atoms with Gasteiger partial charge in [0.25, 0.3) is 0 Å². The third-order valence-corrected chi connectivity index (χ3v) is 2.37. The van der Waals surface area contributed by atoms with Gasteiger partial charge in [-0.1, -0.05) is 12.1 Å². The van der Waals surface area contributed by atoms with E-state index in [-0.39, 0.29) is 18.0 Å². The van der Waals surface area contributed by atoms with Crippen LogP contribution in [0.1, 0.15) is 23.7 Å². The molecule has 80 valence electrons. The lowest BCUT2D eigenvalue weighted by Crippen LogP contribution is -2.04. The second-order valence-electron chi connectivity index (χ2n) is 3.74. The monoisotopic (exact) mass is 213 g/mol. The molecule has 0 atom stereocenters. The molecule has 0 unspecified atom stereocenters. The molecule has 0 aliphatic rings. The van der Waals surface area contributed by atoms with Gasteiger partial charge >= 0.3 is 0 Å².